The molecule has 0 radical (unpaired) electrons. The Kier molecular flexibility index (Phi) is 5.22. The number of amides is 1. The zero-order valence-electron chi connectivity index (χ0n) is 12.2. The molecule has 1 aliphatic heterocycles. The molecule has 1 aliphatic rings. The van der Waals surface area contributed by atoms with Gasteiger partial charge in [0.25, 0.3) is 5.91 Å². The van der Waals surface area contributed by atoms with Crippen LogP contribution in [0.5, 0.6) is 5.75 Å². The van der Waals surface area contributed by atoms with Crippen LogP contribution < -0.4 is 4.74 Å². The number of likely N-dealkylation sites (tertiary alicyclic amines) is 1. The Labute approximate surface area is 121 Å². The predicted octanol–water partition coefficient (Wildman–Crippen LogP) is 3.66. The second-order valence-corrected chi connectivity index (χ2v) is 5.48. The van der Waals surface area contributed by atoms with Crippen molar-refractivity contribution in [3.05, 3.63) is 42.0 Å². The summed E-state index contributed by atoms with van der Waals surface area (Å²) in [6, 6.07) is 7.41. The van der Waals surface area contributed by atoms with Crippen molar-refractivity contribution in [1.82, 2.24) is 4.90 Å². The van der Waals surface area contributed by atoms with Gasteiger partial charge < -0.3 is 9.64 Å². The Morgan fingerprint density at radius 3 is 2.30 bits per heavy atom. The molecule has 0 saturated carbocycles. The molecule has 1 saturated heterocycles. The minimum absolute atomic E-state index is 0.137. The van der Waals surface area contributed by atoms with Crippen molar-refractivity contribution in [1.29, 1.82) is 0 Å². The predicted molar refractivity (Wildman–Crippen MR) is 81.1 cm³/mol. The van der Waals surface area contributed by atoms with E-state index in [1.807, 2.05) is 36.1 Å². The molecule has 1 heterocycles. The van der Waals surface area contributed by atoms with E-state index in [0.717, 1.165) is 42.8 Å². The lowest BCUT2D eigenvalue weighted by molar-refractivity contribution is 0.0761. The summed E-state index contributed by atoms with van der Waals surface area (Å²) in [6.07, 6.45) is 4.70. The van der Waals surface area contributed by atoms with Crippen LogP contribution in [0.2, 0.25) is 0 Å². The minimum atomic E-state index is 0.137. The van der Waals surface area contributed by atoms with Crippen molar-refractivity contribution in [2.75, 3.05) is 19.7 Å². The maximum absolute atomic E-state index is 12.4. The summed E-state index contributed by atoms with van der Waals surface area (Å²) < 4.78 is 5.54. The molecule has 0 aromatic heterocycles. The molecule has 1 fully saturated rings. The first-order valence-electron chi connectivity index (χ1n) is 7.33. The van der Waals surface area contributed by atoms with Crippen LogP contribution in [0.4, 0.5) is 0 Å². The highest BCUT2D eigenvalue weighted by Crippen LogP contribution is 2.17. The molecule has 108 valence electrons. The molecule has 3 heteroatoms. The molecule has 0 N–H and O–H groups in total. The number of ether oxygens (including phenoxy) is 1. The summed E-state index contributed by atoms with van der Waals surface area (Å²) in [6.45, 7) is 8.00. The molecule has 0 bridgehead atoms. The molecule has 1 aromatic rings. The largest absolute Gasteiger partial charge is 0.489 e. The number of hydrogen-bond donors (Lipinski definition) is 0. The average molecular weight is 273 g/mol. The van der Waals surface area contributed by atoms with Crippen molar-refractivity contribution in [3.8, 4) is 5.75 Å². The second-order valence-electron chi connectivity index (χ2n) is 5.48. The highest BCUT2D eigenvalue weighted by Gasteiger charge is 2.16. The van der Waals surface area contributed by atoms with Crippen LogP contribution in [-0.4, -0.2) is 30.5 Å². The van der Waals surface area contributed by atoms with Crippen LogP contribution in [0.15, 0.2) is 36.4 Å². The number of hydrogen-bond acceptors (Lipinski definition) is 2. The molecule has 3 nitrogen and oxygen atoms in total. The van der Waals surface area contributed by atoms with E-state index in [1.165, 1.54) is 12.8 Å². The lowest BCUT2D eigenvalue weighted by Crippen LogP contribution is -2.31. The van der Waals surface area contributed by atoms with Gasteiger partial charge in [-0.3, -0.25) is 4.79 Å². The van der Waals surface area contributed by atoms with Crippen LogP contribution in [0.1, 0.15) is 43.0 Å². The topological polar surface area (TPSA) is 29.5 Å². The van der Waals surface area contributed by atoms with Gasteiger partial charge in [0, 0.05) is 18.7 Å². The normalized spacial score (nSPS) is 15.6. The Hall–Kier alpha value is -1.77. The van der Waals surface area contributed by atoms with E-state index >= 15 is 0 Å². The molecular weight excluding hydrogens is 250 g/mol. The SMILES string of the molecule is C=C(C)COc1ccc(C(=O)N2CCCCCC2)cc1. The van der Waals surface area contributed by atoms with Gasteiger partial charge in [-0.05, 0) is 49.6 Å². The third kappa shape index (κ3) is 4.12. The summed E-state index contributed by atoms with van der Waals surface area (Å²) in [5.41, 5.74) is 1.73. The Morgan fingerprint density at radius 1 is 1.15 bits per heavy atom. The van der Waals surface area contributed by atoms with Crippen molar-refractivity contribution >= 4 is 5.91 Å². The third-order valence-corrected chi connectivity index (χ3v) is 3.48. The number of benzene rings is 1. The summed E-state index contributed by atoms with van der Waals surface area (Å²) >= 11 is 0. The summed E-state index contributed by atoms with van der Waals surface area (Å²) in [7, 11) is 0. The van der Waals surface area contributed by atoms with Crippen molar-refractivity contribution in [2.24, 2.45) is 0 Å². The Balaban J connectivity index is 1.97. The minimum Gasteiger partial charge on any atom is -0.489 e. The first kappa shape index (κ1) is 14.6. The molecule has 0 atom stereocenters. The van der Waals surface area contributed by atoms with Crippen LogP contribution in [0, 0.1) is 0 Å². The van der Waals surface area contributed by atoms with E-state index in [-0.39, 0.29) is 5.91 Å². The lowest BCUT2D eigenvalue weighted by atomic mass is 10.2. The lowest BCUT2D eigenvalue weighted by Gasteiger charge is -2.20. The second kappa shape index (κ2) is 7.13. The first-order chi connectivity index (χ1) is 9.66. The third-order valence-electron chi connectivity index (χ3n) is 3.48. The molecule has 0 aliphatic carbocycles. The molecule has 1 aromatic carbocycles. The summed E-state index contributed by atoms with van der Waals surface area (Å²) in [5, 5.41) is 0. The van der Waals surface area contributed by atoms with Gasteiger partial charge in [-0.25, -0.2) is 0 Å². The Bertz CT molecular complexity index is 456. The van der Waals surface area contributed by atoms with Crippen molar-refractivity contribution in [3.63, 3.8) is 0 Å². The number of nitrogens with zero attached hydrogens (tertiary/aromatic N) is 1. The zero-order valence-corrected chi connectivity index (χ0v) is 12.2. The summed E-state index contributed by atoms with van der Waals surface area (Å²) in [5.74, 6) is 0.916. The molecule has 1 amide bonds. The molecule has 0 unspecified atom stereocenters. The van der Waals surface area contributed by atoms with E-state index in [9.17, 15) is 4.79 Å². The van der Waals surface area contributed by atoms with Gasteiger partial charge in [0.1, 0.15) is 12.4 Å². The van der Waals surface area contributed by atoms with Crippen molar-refractivity contribution in [2.45, 2.75) is 32.6 Å². The quantitative estimate of drug-likeness (QED) is 0.784. The van der Waals surface area contributed by atoms with Crippen LogP contribution >= 0.6 is 0 Å². The van der Waals surface area contributed by atoms with Crippen LogP contribution in [0.3, 0.4) is 0 Å². The summed E-state index contributed by atoms with van der Waals surface area (Å²) in [4.78, 5) is 14.4. The molecule has 0 spiro atoms. The monoisotopic (exact) mass is 273 g/mol. The van der Waals surface area contributed by atoms with E-state index < -0.39 is 0 Å². The van der Waals surface area contributed by atoms with Crippen molar-refractivity contribution < 1.29 is 9.53 Å². The van der Waals surface area contributed by atoms with Gasteiger partial charge in [0.05, 0.1) is 0 Å². The van der Waals surface area contributed by atoms with E-state index in [0.29, 0.717) is 6.61 Å². The average Bonchev–Trinajstić information content (AvgIpc) is 2.74. The van der Waals surface area contributed by atoms with Gasteiger partial charge in [-0.1, -0.05) is 19.4 Å². The first-order valence-corrected chi connectivity index (χ1v) is 7.33. The van der Waals surface area contributed by atoms with E-state index in [1.54, 1.807) is 0 Å². The van der Waals surface area contributed by atoms with Gasteiger partial charge >= 0.3 is 0 Å². The number of carbonyl (C=O) groups is 1. The van der Waals surface area contributed by atoms with Crippen LogP contribution in [-0.2, 0) is 0 Å². The molecular formula is C17H23NO2. The van der Waals surface area contributed by atoms with E-state index in [4.69, 9.17) is 4.74 Å². The van der Waals surface area contributed by atoms with Gasteiger partial charge in [-0.2, -0.15) is 0 Å². The highest BCUT2D eigenvalue weighted by atomic mass is 16.5. The highest BCUT2D eigenvalue weighted by molar-refractivity contribution is 5.94. The van der Waals surface area contributed by atoms with E-state index in [2.05, 4.69) is 6.58 Å². The molecule has 20 heavy (non-hydrogen) atoms. The maximum Gasteiger partial charge on any atom is 0.253 e. The van der Waals surface area contributed by atoms with Crippen LogP contribution in [0.25, 0.3) is 0 Å². The fourth-order valence-corrected chi connectivity index (χ4v) is 2.36. The fourth-order valence-electron chi connectivity index (χ4n) is 2.36. The number of rotatable bonds is 4. The Morgan fingerprint density at radius 2 is 1.75 bits per heavy atom. The fraction of sp³-hybridized carbons (Fsp3) is 0.471. The van der Waals surface area contributed by atoms with Gasteiger partial charge in [-0.15, -0.1) is 0 Å². The molecule has 2 rings (SSSR count). The smallest absolute Gasteiger partial charge is 0.253 e. The van der Waals surface area contributed by atoms with Gasteiger partial charge in [0.15, 0.2) is 0 Å². The van der Waals surface area contributed by atoms with Gasteiger partial charge in [0.2, 0.25) is 0 Å². The maximum atomic E-state index is 12.4. The standard InChI is InChI=1S/C17H23NO2/c1-14(2)13-20-16-9-7-15(8-10-16)17(19)18-11-5-3-4-6-12-18/h7-10H,1,3-6,11-13H2,2H3. The number of carbonyl (C=O) groups excluding carboxylic acids is 1. The zero-order chi connectivity index (χ0) is 14.4.